The molecular formula is C13H20N2O4S. The third-order valence-corrected chi connectivity index (χ3v) is 3.46. The van der Waals surface area contributed by atoms with Gasteiger partial charge in [-0.25, -0.2) is 0 Å². The zero-order valence-corrected chi connectivity index (χ0v) is 12.4. The van der Waals surface area contributed by atoms with Gasteiger partial charge in [-0.3, -0.25) is 9.35 Å². The Kier molecular flexibility index (Phi) is 6.12. The van der Waals surface area contributed by atoms with Gasteiger partial charge in [0.2, 0.25) is 0 Å². The molecule has 112 valence electrons. The molecule has 0 heterocycles. The largest absolute Gasteiger partial charge is 0.351 e. The molecule has 0 unspecified atom stereocenters. The number of carbonyl (C=O) groups is 1. The molecule has 0 aliphatic heterocycles. The number of rotatable bonds is 7. The van der Waals surface area contributed by atoms with Crippen molar-refractivity contribution in [3.05, 3.63) is 29.8 Å². The highest BCUT2D eigenvalue weighted by Gasteiger charge is 2.19. The second-order valence-corrected chi connectivity index (χ2v) is 6.22. The van der Waals surface area contributed by atoms with E-state index >= 15 is 0 Å². The van der Waals surface area contributed by atoms with Gasteiger partial charge in [0.05, 0.1) is 5.56 Å². The SMILES string of the molecule is CC(C)CNCCNC(=O)c1ccccc1S(=O)(=O)O. The molecule has 1 amide bonds. The van der Waals surface area contributed by atoms with Crippen LogP contribution in [0.5, 0.6) is 0 Å². The second-order valence-electron chi connectivity index (χ2n) is 4.83. The molecule has 0 fully saturated rings. The summed E-state index contributed by atoms with van der Waals surface area (Å²) in [5.41, 5.74) is -0.0566. The highest BCUT2D eigenvalue weighted by molar-refractivity contribution is 7.86. The van der Waals surface area contributed by atoms with Gasteiger partial charge < -0.3 is 10.6 Å². The van der Waals surface area contributed by atoms with Crippen LogP contribution in [0.25, 0.3) is 0 Å². The molecule has 1 rings (SSSR count). The first-order chi connectivity index (χ1) is 9.32. The molecule has 1 aromatic carbocycles. The number of hydrogen-bond donors (Lipinski definition) is 3. The van der Waals surface area contributed by atoms with Crippen LogP contribution in [-0.2, 0) is 10.1 Å². The van der Waals surface area contributed by atoms with Crippen LogP contribution in [0.4, 0.5) is 0 Å². The Hall–Kier alpha value is -1.44. The van der Waals surface area contributed by atoms with Gasteiger partial charge in [-0.15, -0.1) is 0 Å². The summed E-state index contributed by atoms with van der Waals surface area (Å²) in [6.07, 6.45) is 0. The maximum Gasteiger partial charge on any atom is 0.295 e. The van der Waals surface area contributed by atoms with Crippen molar-refractivity contribution < 1.29 is 17.8 Å². The van der Waals surface area contributed by atoms with Crippen molar-refractivity contribution in [2.45, 2.75) is 18.7 Å². The van der Waals surface area contributed by atoms with Crippen LogP contribution in [0.3, 0.4) is 0 Å². The van der Waals surface area contributed by atoms with Gasteiger partial charge in [-0.1, -0.05) is 26.0 Å². The summed E-state index contributed by atoms with van der Waals surface area (Å²) >= 11 is 0. The monoisotopic (exact) mass is 300 g/mol. The molecule has 20 heavy (non-hydrogen) atoms. The zero-order chi connectivity index (χ0) is 15.2. The van der Waals surface area contributed by atoms with Crippen molar-refractivity contribution in [1.29, 1.82) is 0 Å². The summed E-state index contributed by atoms with van der Waals surface area (Å²) in [6.45, 7) is 5.97. The van der Waals surface area contributed by atoms with Crippen LogP contribution in [0.15, 0.2) is 29.2 Å². The van der Waals surface area contributed by atoms with E-state index in [0.717, 1.165) is 6.54 Å². The Morgan fingerprint density at radius 1 is 1.25 bits per heavy atom. The van der Waals surface area contributed by atoms with Gasteiger partial charge in [0, 0.05) is 13.1 Å². The Balaban J connectivity index is 2.61. The van der Waals surface area contributed by atoms with E-state index in [1.54, 1.807) is 6.07 Å². The average molecular weight is 300 g/mol. The lowest BCUT2D eigenvalue weighted by Crippen LogP contribution is -2.33. The standard InChI is InChI=1S/C13H20N2O4S/c1-10(2)9-14-7-8-15-13(16)11-5-3-4-6-12(11)20(17,18)19/h3-6,10,14H,7-9H2,1-2H3,(H,15,16)(H,17,18,19). The number of benzene rings is 1. The molecular weight excluding hydrogens is 280 g/mol. The van der Waals surface area contributed by atoms with Crippen LogP contribution in [-0.4, -0.2) is 38.5 Å². The molecule has 0 aliphatic rings. The van der Waals surface area contributed by atoms with Crippen LogP contribution >= 0.6 is 0 Å². The zero-order valence-electron chi connectivity index (χ0n) is 11.6. The molecule has 0 radical (unpaired) electrons. The van der Waals surface area contributed by atoms with Crippen LogP contribution < -0.4 is 10.6 Å². The number of amides is 1. The molecule has 0 aliphatic carbocycles. The van der Waals surface area contributed by atoms with E-state index in [9.17, 15) is 13.2 Å². The molecule has 0 atom stereocenters. The summed E-state index contributed by atoms with van der Waals surface area (Å²) < 4.78 is 31.4. The maximum absolute atomic E-state index is 11.9. The maximum atomic E-state index is 11.9. The van der Waals surface area contributed by atoms with Gasteiger partial charge in [-0.2, -0.15) is 8.42 Å². The third-order valence-electron chi connectivity index (χ3n) is 2.55. The van der Waals surface area contributed by atoms with Crippen molar-refractivity contribution >= 4 is 16.0 Å². The number of carbonyl (C=O) groups excluding carboxylic acids is 1. The lowest BCUT2D eigenvalue weighted by Gasteiger charge is -2.10. The minimum Gasteiger partial charge on any atom is -0.351 e. The van der Waals surface area contributed by atoms with Crippen molar-refractivity contribution in [2.24, 2.45) is 5.92 Å². The van der Waals surface area contributed by atoms with Gasteiger partial charge in [0.15, 0.2) is 0 Å². The summed E-state index contributed by atoms with van der Waals surface area (Å²) in [7, 11) is -4.40. The van der Waals surface area contributed by atoms with E-state index in [1.807, 2.05) is 0 Å². The Labute approximate surface area is 119 Å². The Morgan fingerprint density at radius 2 is 1.90 bits per heavy atom. The van der Waals surface area contributed by atoms with Crippen molar-refractivity contribution in [3.63, 3.8) is 0 Å². The van der Waals surface area contributed by atoms with Gasteiger partial charge in [0.1, 0.15) is 4.90 Å². The molecule has 6 nitrogen and oxygen atoms in total. The summed E-state index contributed by atoms with van der Waals surface area (Å²) in [5, 5.41) is 5.76. The normalized spacial score (nSPS) is 11.6. The topological polar surface area (TPSA) is 95.5 Å². The quantitative estimate of drug-likeness (QED) is 0.514. The number of hydrogen-bond acceptors (Lipinski definition) is 4. The fraction of sp³-hybridized carbons (Fsp3) is 0.462. The van der Waals surface area contributed by atoms with E-state index in [0.29, 0.717) is 19.0 Å². The Bertz CT molecular complexity index is 555. The highest BCUT2D eigenvalue weighted by Crippen LogP contribution is 2.14. The first-order valence-corrected chi connectivity index (χ1v) is 7.82. The van der Waals surface area contributed by atoms with Crippen molar-refractivity contribution in [3.8, 4) is 0 Å². The molecule has 0 saturated carbocycles. The first-order valence-electron chi connectivity index (χ1n) is 6.38. The van der Waals surface area contributed by atoms with Crippen LogP contribution in [0.2, 0.25) is 0 Å². The molecule has 1 aromatic rings. The minimum atomic E-state index is -4.40. The van der Waals surface area contributed by atoms with Gasteiger partial charge in [-0.05, 0) is 24.6 Å². The van der Waals surface area contributed by atoms with Crippen LogP contribution in [0.1, 0.15) is 24.2 Å². The smallest absolute Gasteiger partial charge is 0.295 e. The second kappa shape index (κ2) is 7.37. The average Bonchev–Trinajstić information content (AvgIpc) is 2.36. The van der Waals surface area contributed by atoms with Gasteiger partial charge >= 0.3 is 0 Å². The first kappa shape index (κ1) is 16.6. The van der Waals surface area contributed by atoms with Crippen molar-refractivity contribution in [2.75, 3.05) is 19.6 Å². The van der Waals surface area contributed by atoms with Crippen LogP contribution in [0, 0.1) is 5.92 Å². The molecule has 0 saturated heterocycles. The highest BCUT2D eigenvalue weighted by atomic mass is 32.2. The molecule has 3 N–H and O–H groups in total. The van der Waals surface area contributed by atoms with E-state index in [1.165, 1.54) is 18.2 Å². The van der Waals surface area contributed by atoms with E-state index in [4.69, 9.17) is 4.55 Å². The molecule has 7 heteroatoms. The molecule has 0 bridgehead atoms. The molecule has 0 spiro atoms. The predicted molar refractivity (Wildman–Crippen MR) is 76.3 cm³/mol. The third kappa shape index (κ3) is 5.28. The lowest BCUT2D eigenvalue weighted by molar-refractivity contribution is 0.0950. The van der Waals surface area contributed by atoms with E-state index in [-0.39, 0.29) is 10.5 Å². The van der Waals surface area contributed by atoms with Crippen molar-refractivity contribution in [1.82, 2.24) is 10.6 Å². The Morgan fingerprint density at radius 3 is 2.50 bits per heavy atom. The minimum absolute atomic E-state index is 0.0566. The predicted octanol–water partition coefficient (Wildman–Crippen LogP) is 0.909. The number of nitrogens with one attached hydrogen (secondary N) is 2. The van der Waals surface area contributed by atoms with E-state index < -0.39 is 16.0 Å². The molecule has 0 aromatic heterocycles. The fourth-order valence-corrected chi connectivity index (χ4v) is 2.32. The fourth-order valence-electron chi connectivity index (χ4n) is 1.63. The summed E-state index contributed by atoms with van der Waals surface area (Å²) in [4.78, 5) is 11.5. The van der Waals surface area contributed by atoms with Gasteiger partial charge in [0.25, 0.3) is 16.0 Å². The van der Waals surface area contributed by atoms with E-state index in [2.05, 4.69) is 24.5 Å². The lowest BCUT2D eigenvalue weighted by atomic mass is 10.2. The summed E-state index contributed by atoms with van der Waals surface area (Å²) in [6, 6.07) is 5.55. The summed E-state index contributed by atoms with van der Waals surface area (Å²) in [5.74, 6) is -0.00414.